The standard InChI is InChI=1S/C21H16F2N8O2/c1-21(19(25)32)13-15(24)27-17(28-16(13)29-20(21)33)14-11-6-10(22)7-26-18(11)31(30-14)8-9-4-2-3-5-12(9)23/h2-7H,8H2,1H3,(H2,25,32)(H3,24,27,28,29,33). The molecule has 5 rings (SSSR count). The smallest absolute Gasteiger partial charge is 0.245 e. The Morgan fingerprint density at radius 2 is 2.00 bits per heavy atom. The Balaban J connectivity index is 1.69. The number of fused-ring (bicyclic) bond motifs is 2. The molecule has 1 atom stereocenters. The predicted octanol–water partition coefficient (Wildman–Crippen LogP) is 1.49. The van der Waals surface area contributed by atoms with E-state index in [2.05, 4.69) is 25.4 Å². The molecule has 4 heterocycles. The highest BCUT2D eigenvalue weighted by molar-refractivity contribution is 6.20. The van der Waals surface area contributed by atoms with Gasteiger partial charge in [0.05, 0.1) is 23.7 Å². The Bertz CT molecular complexity index is 1480. The van der Waals surface area contributed by atoms with Crippen LogP contribution >= 0.6 is 0 Å². The van der Waals surface area contributed by atoms with Gasteiger partial charge in [0.2, 0.25) is 11.8 Å². The van der Waals surface area contributed by atoms with E-state index in [1.165, 1.54) is 23.7 Å². The van der Waals surface area contributed by atoms with E-state index in [1.807, 2.05) is 0 Å². The van der Waals surface area contributed by atoms with Crippen molar-refractivity contribution in [3.63, 3.8) is 0 Å². The zero-order valence-electron chi connectivity index (χ0n) is 17.1. The van der Waals surface area contributed by atoms with E-state index in [9.17, 15) is 18.4 Å². The van der Waals surface area contributed by atoms with Gasteiger partial charge < -0.3 is 16.8 Å². The molecule has 12 heteroatoms. The Labute approximate surface area is 184 Å². The molecular formula is C21H16F2N8O2. The number of anilines is 2. The summed E-state index contributed by atoms with van der Waals surface area (Å²) in [5.41, 5.74) is 10.6. The van der Waals surface area contributed by atoms with Crippen molar-refractivity contribution < 1.29 is 18.4 Å². The van der Waals surface area contributed by atoms with Crippen LogP contribution in [0.15, 0.2) is 36.5 Å². The quantitative estimate of drug-likeness (QED) is 0.398. The van der Waals surface area contributed by atoms with E-state index in [0.717, 1.165) is 6.20 Å². The molecule has 0 saturated carbocycles. The van der Waals surface area contributed by atoms with E-state index < -0.39 is 28.9 Å². The summed E-state index contributed by atoms with van der Waals surface area (Å²) < 4.78 is 29.6. The molecular weight excluding hydrogens is 434 g/mol. The molecule has 1 unspecified atom stereocenters. The van der Waals surface area contributed by atoms with Crippen LogP contribution in [0.25, 0.3) is 22.6 Å². The molecule has 1 aliphatic heterocycles. The van der Waals surface area contributed by atoms with Crippen LogP contribution in [0.4, 0.5) is 20.4 Å². The number of pyridine rings is 1. The van der Waals surface area contributed by atoms with E-state index >= 15 is 0 Å². The fourth-order valence-corrected chi connectivity index (χ4v) is 3.85. The molecule has 0 saturated heterocycles. The summed E-state index contributed by atoms with van der Waals surface area (Å²) in [5.74, 6) is -2.85. The molecule has 0 radical (unpaired) electrons. The molecule has 2 amide bonds. The minimum atomic E-state index is -1.74. The number of halogens is 2. The summed E-state index contributed by atoms with van der Waals surface area (Å²) in [6.45, 7) is 1.34. The Kier molecular flexibility index (Phi) is 4.34. The van der Waals surface area contributed by atoms with Crippen LogP contribution in [-0.4, -0.2) is 36.5 Å². The Morgan fingerprint density at radius 3 is 2.73 bits per heavy atom. The van der Waals surface area contributed by atoms with Gasteiger partial charge in [0.15, 0.2) is 16.9 Å². The molecule has 1 aliphatic rings. The van der Waals surface area contributed by atoms with Gasteiger partial charge in [-0.15, -0.1) is 0 Å². The zero-order chi connectivity index (χ0) is 23.5. The summed E-state index contributed by atoms with van der Waals surface area (Å²) >= 11 is 0. The fraction of sp³-hybridized carbons (Fsp3) is 0.143. The monoisotopic (exact) mass is 450 g/mol. The van der Waals surface area contributed by atoms with Gasteiger partial charge in [-0.1, -0.05) is 18.2 Å². The topological polar surface area (TPSA) is 155 Å². The highest BCUT2D eigenvalue weighted by atomic mass is 19.1. The third-order valence-corrected chi connectivity index (χ3v) is 5.66. The normalized spacial score (nSPS) is 17.2. The SMILES string of the molecule is CC1(C(N)=O)C(=O)Nc2nc(-c3nn(Cc4ccccc4F)c4ncc(F)cc34)nc(N)c21. The van der Waals surface area contributed by atoms with Crippen molar-refractivity contribution in [2.75, 3.05) is 11.1 Å². The van der Waals surface area contributed by atoms with Crippen molar-refractivity contribution in [1.82, 2.24) is 24.7 Å². The zero-order valence-corrected chi connectivity index (χ0v) is 17.1. The maximum Gasteiger partial charge on any atom is 0.245 e. The molecule has 0 fully saturated rings. The first kappa shape index (κ1) is 20.4. The molecule has 166 valence electrons. The number of amides is 2. The van der Waals surface area contributed by atoms with Crippen LogP contribution in [0.5, 0.6) is 0 Å². The second kappa shape index (κ2) is 7.02. The number of nitrogens with one attached hydrogen (secondary N) is 1. The number of nitrogens with zero attached hydrogens (tertiary/aromatic N) is 5. The summed E-state index contributed by atoms with van der Waals surface area (Å²) in [7, 11) is 0. The van der Waals surface area contributed by atoms with Gasteiger partial charge in [-0.25, -0.2) is 28.4 Å². The molecule has 1 aromatic carbocycles. The number of rotatable bonds is 4. The van der Waals surface area contributed by atoms with Gasteiger partial charge in [0.25, 0.3) is 0 Å². The first-order chi connectivity index (χ1) is 15.7. The number of nitrogen functional groups attached to an aromatic ring is 1. The number of hydrogen-bond donors (Lipinski definition) is 3. The second-order valence-corrected chi connectivity index (χ2v) is 7.72. The van der Waals surface area contributed by atoms with Crippen molar-refractivity contribution in [3.05, 3.63) is 59.3 Å². The number of nitrogens with two attached hydrogens (primary N) is 2. The predicted molar refractivity (Wildman–Crippen MR) is 114 cm³/mol. The third-order valence-electron chi connectivity index (χ3n) is 5.66. The van der Waals surface area contributed by atoms with Crippen molar-refractivity contribution in [3.8, 4) is 11.5 Å². The van der Waals surface area contributed by atoms with Crippen molar-refractivity contribution in [1.29, 1.82) is 0 Å². The summed E-state index contributed by atoms with van der Waals surface area (Å²) in [6.07, 6.45) is 1.02. The number of carbonyl (C=O) groups excluding carboxylic acids is 2. The molecule has 0 spiro atoms. The van der Waals surface area contributed by atoms with Gasteiger partial charge in [-0.05, 0) is 19.1 Å². The van der Waals surface area contributed by atoms with E-state index in [-0.39, 0.29) is 46.3 Å². The largest absolute Gasteiger partial charge is 0.383 e. The highest BCUT2D eigenvalue weighted by Crippen LogP contribution is 2.41. The number of benzene rings is 1. The number of carbonyl (C=O) groups is 2. The van der Waals surface area contributed by atoms with Gasteiger partial charge in [0.1, 0.15) is 29.0 Å². The van der Waals surface area contributed by atoms with Gasteiger partial charge in [-0.3, -0.25) is 9.59 Å². The van der Waals surface area contributed by atoms with Crippen LogP contribution < -0.4 is 16.8 Å². The summed E-state index contributed by atoms with van der Waals surface area (Å²) in [4.78, 5) is 37.0. The lowest BCUT2D eigenvalue weighted by atomic mass is 9.84. The second-order valence-electron chi connectivity index (χ2n) is 7.72. The van der Waals surface area contributed by atoms with Crippen LogP contribution in [0, 0.1) is 11.6 Å². The van der Waals surface area contributed by atoms with Gasteiger partial charge in [0, 0.05) is 5.56 Å². The number of hydrogen-bond acceptors (Lipinski definition) is 7. The first-order valence-corrected chi connectivity index (χ1v) is 9.75. The lowest BCUT2D eigenvalue weighted by molar-refractivity contribution is -0.131. The Hall–Kier alpha value is -4.48. The molecule has 33 heavy (non-hydrogen) atoms. The maximum absolute atomic E-state index is 14.2. The molecule has 0 bridgehead atoms. The van der Waals surface area contributed by atoms with E-state index in [1.54, 1.807) is 18.2 Å². The minimum absolute atomic E-state index is 0.00460. The van der Waals surface area contributed by atoms with Gasteiger partial charge in [-0.2, -0.15) is 5.10 Å². The fourth-order valence-electron chi connectivity index (χ4n) is 3.85. The van der Waals surface area contributed by atoms with Crippen LogP contribution in [-0.2, 0) is 21.5 Å². The van der Waals surface area contributed by atoms with Crippen molar-refractivity contribution >= 4 is 34.5 Å². The average Bonchev–Trinajstić information content (AvgIpc) is 3.25. The third kappa shape index (κ3) is 2.98. The van der Waals surface area contributed by atoms with E-state index in [4.69, 9.17) is 11.5 Å². The van der Waals surface area contributed by atoms with Gasteiger partial charge >= 0.3 is 0 Å². The van der Waals surface area contributed by atoms with Crippen LogP contribution in [0.1, 0.15) is 18.1 Å². The number of primary amides is 1. The molecule has 4 aromatic rings. The average molecular weight is 450 g/mol. The van der Waals surface area contributed by atoms with Crippen LogP contribution in [0.2, 0.25) is 0 Å². The van der Waals surface area contributed by atoms with Crippen LogP contribution in [0.3, 0.4) is 0 Å². The number of aromatic nitrogens is 5. The lowest BCUT2D eigenvalue weighted by Gasteiger charge is -2.18. The first-order valence-electron chi connectivity index (χ1n) is 9.75. The summed E-state index contributed by atoms with van der Waals surface area (Å²) in [6, 6.07) is 7.35. The van der Waals surface area contributed by atoms with E-state index in [0.29, 0.717) is 5.56 Å². The lowest BCUT2D eigenvalue weighted by Crippen LogP contribution is -2.44. The molecule has 3 aromatic heterocycles. The minimum Gasteiger partial charge on any atom is -0.383 e. The van der Waals surface area contributed by atoms with Crippen molar-refractivity contribution in [2.45, 2.75) is 18.9 Å². The Morgan fingerprint density at radius 1 is 1.24 bits per heavy atom. The molecule has 5 N–H and O–H groups in total. The summed E-state index contributed by atoms with van der Waals surface area (Å²) in [5, 5.41) is 7.18. The maximum atomic E-state index is 14.2. The van der Waals surface area contributed by atoms with Crippen molar-refractivity contribution in [2.24, 2.45) is 5.73 Å². The molecule has 0 aliphatic carbocycles. The highest BCUT2D eigenvalue weighted by Gasteiger charge is 2.51. The molecule has 10 nitrogen and oxygen atoms in total.